The minimum atomic E-state index is -0.627. The van der Waals surface area contributed by atoms with E-state index >= 15 is 0 Å². The number of ether oxygens (including phenoxy) is 2. The molecule has 0 radical (unpaired) electrons. The molecule has 19 heavy (non-hydrogen) atoms. The minimum absolute atomic E-state index is 0.248. The highest BCUT2D eigenvalue weighted by Gasteiger charge is 2.67. The molecule has 0 N–H and O–H groups in total. The summed E-state index contributed by atoms with van der Waals surface area (Å²) in [6.07, 6.45) is 4.24. The van der Waals surface area contributed by atoms with Crippen LogP contribution in [0.3, 0.4) is 0 Å². The highest BCUT2D eigenvalue weighted by molar-refractivity contribution is 5.08. The van der Waals surface area contributed by atoms with Gasteiger partial charge in [0.1, 0.15) is 0 Å². The van der Waals surface area contributed by atoms with E-state index in [2.05, 4.69) is 13.8 Å². The molecule has 5 fully saturated rings. The van der Waals surface area contributed by atoms with E-state index in [9.17, 15) is 0 Å². The number of rotatable bonds is 0. The fourth-order valence-electron chi connectivity index (χ4n) is 4.88. The molecule has 1 saturated carbocycles. The molecule has 4 saturated heterocycles. The van der Waals surface area contributed by atoms with Gasteiger partial charge in [-0.05, 0) is 43.9 Å². The van der Waals surface area contributed by atoms with E-state index in [4.69, 9.17) is 19.2 Å². The maximum Gasteiger partial charge on any atom is 0.201 e. The van der Waals surface area contributed by atoms with Gasteiger partial charge in [-0.1, -0.05) is 13.8 Å². The first-order chi connectivity index (χ1) is 9.05. The van der Waals surface area contributed by atoms with Crippen LogP contribution in [0.5, 0.6) is 0 Å². The van der Waals surface area contributed by atoms with Crippen LogP contribution in [0.25, 0.3) is 0 Å². The summed E-state index contributed by atoms with van der Waals surface area (Å²) in [5.41, 5.74) is -0.370. The zero-order valence-corrected chi connectivity index (χ0v) is 12.1. The monoisotopic (exact) mass is 268 g/mol. The van der Waals surface area contributed by atoms with E-state index in [0.717, 1.165) is 19.4 Å². The van der Waals surface area contributed by atoms with Gasteiger partial charge in [0.2, 0.25) is 5.79 Å². The van der Waals surface area contributed by atoms with Gasteiger partial charge in [0.15, 0.2) is 11.9 Å². The molecule has 5 aliphatic rings. The lowest BCUT2D eigenvalue weighted by atomic mass is 9.58. The Morgan fingerprint density at radius 1 is 0.947 bits per heavy atom. The molecule has 0 aromatic carbocycles. The maximum atomic E-state index is 6.16. The molecule has 4 heterocycles. The number of hydrogen-bond donors (Lipinski definition) is 0. The van der Waals surface area contributed by atoms with Crippen LogP contribution < -0.4 is 0 Å². The Morgan fingerprint density at radius 3 is 2.58 bits per heavy atom. The van der Waals surface area contributed by atoms with Crippen LogP contribution in [0.1, 0.15) is 46.5 Å². The van der Waals surface area contributed by atoms with Crippen LogP contribution in [-0.2, 0) is 19.2 Å². The van der Waals surface area contributed by atoms with Crippen molar-refractivity contribution in [2.75, 3.05) is 6.61 Å². The molecule has 4 nitrogen and oxygen atoms in total. The smallest absolute Gasteiger partial charge is 0.201 e. The van der Waals surface area contributed by atoms with Gasteiger partial charge in [0.05, 0.1) is 6.61 Å². The van der Waals surface area contributed by atoms with Crippen molar-refractivity contribution >= 4 is 0 Å². The van der Waals surface area contributed by atoms with Crippen molar-refractivity contribution in [3.05, 3.63) is 0 Å². The van der Waals surface area contributed by atoms with Crippen molar-refractivity contribution in [1.82, 2.24) is 0 Å². The Labute approximate surface area is 114 Å². The SMILES string of the molecule is C[C@@H]1CC[C@H]2[C@@H](C)CO[C@@H]3O[C@@]4(C)CCC1C32OO4. The first-order valence-electron chi connectivity index (χ1n) is 7.71. The first kappa shape index (κ1) is 12.6. The first-order valence-corrected chi connectivity index (χ1v) is 7.71. The van der Waals surface area contributed by atoms with Crippen LogP contribution in [0.4, 0.5) is 0 Å². The van der Waals surface area contributed by atoms with Crippen LogP contribution in [0.2, 0.25) is 0 Å². The van der Waals surface area contributed by atoms with Crippen LogP contribution >= 0.6 is 0 Å². The molecule has 1 aliphatic carbocycles. The van der Waals surface area contributed by atoms with E-state index in [-0.39, 0.29) is 11.9 Å². The predicted octanol–water partition coefficient (Wildman–Crippen LogP) is 2.87. The van der Waals surface area contributed by atoms with Gasteiger partial charge in [-0.2, -0.15) is 0 Å². The zero-order chi connectivity index (χ0) is 13.3. The van der Waals surface area contributed by atoms with Gasteiger partial charge in [-0.3, -0.25) is 0 Å². The van der Waals surface area contributed by atoms with Gasteiger partial charge in [0.25, 0.3) is 0 Å². The van der Waals surface area contributed by atoms with Crippen molar-refractivity contribution in [1.29, 1.82) is 0 Å². The molecular formula is C15H24O4. The molecule has 2 bridgehead atoms. The summed E-state index contributed by atoms with van der Waals surface area (Å²) in [4.78, 5) is 11.7. The molecule has 5 rings (SSSR count). The Hall–Kier alpha value is -0.160. The van der Waals surface area contributed by atoms with Crippen LogP contribution in [0.15, 0.2) is 0 Å². The van der Waals surface area contributed by atoms with E-state index in [1.807, 2.05) is 6.92 Å². The minimum Gasteiger partial charge on any atom is -0.349 e. The largest absolute Gasteiger partial charge is 0.349 e. The molecule has 108 valence electrons. The van der Waals surface area contributed by atoms with Crippen LogP contribution in [0, 0.1) is 23.7 Å². The Kier molecular flexibility index (Phi) is 2.61. The normalized spacial score (nSPS) is 60.5. The lowest BCUT2D eigenvalue weighted by Gasteiger charge is -2.58. The lowest BCUT2D eigenvalue weighted by molar-refractivity contribution is -0.566. The van der Waals surface area contributed by atoms with Crippen LogP contribution in [-0.4, -0.2) is 24.3 Å². The van der Waals surface area contributed by atoms with E-state index < -0.39 is 5.79 Å². The predicted molar refractivity (Wildman–Crippen MR) is 67.9 cm³/mol. The highest BCUT2D eigenvalue weighted by Crippen LogP contribution is 2.59. The van der Waals surface area contributed by atoms with E-state index in [0.29, 0.717) is 23.7 Å². The highest BCUT2D eigenvalue weighted by atomic mass is 17.3. The molecule has 4 heteroatoms. The zero-order valence-electron chi connectivity index (χ0n) is 12.1. The topological polar surface area (TPSA) is 36.9 Å². The molecule has 0 amide bonds. The third-order valence-electron chi connectivity index (χ3n) is 5.97. The lowest BCUT2D eigenvalue weighted by Crippen LogP contribution is -2.68. The van der Waals surface area contributed by atoms with Gasteiger partial charge in [0, 0.05) is 12.3 Å². The summed E-state index contributed by atoms with van der Waals surface area (Å²) in [6, 6.07) is 0. The standard InChI is InChI=1S/C15H24O4/c1-9-4-5-11-10(2)8-16-13-15(11)12(9)6-7-14(3,17-13)18-19-15/h9-13H,4-8H2,1-3H3/t9-,10+,11+,12?,13-,14-,15?/m1/s1. The number of fused-ring (bicyclic) bond motifs is 2. The van der Waals surface area contributed by atoms with Crippen molar-refractivity contribution in [2.45, 2.75) is 64.1 Å². The third-order valence-corrected chi connectivity index (χ3v) is 5.97. The van der Waals surface area contributed by atoms with Gasteiger partial charge in [-0.25, -0.2) is 9.78 Å². The van der Waals surface area contributed by atoms with E-state index in [1.54, 1.807) is 0 Å². The summed E-state index contributed by atoms with van der Waals surface area (Å²) < 4.78 is 12.2. The summed E-state index contributed by atoms with van der Waals surface area (Å²) in [7, 11) is 0. The average molecular weight is 268 g/mol. The molecule has 0 aromatic rings. The quantitative estimate of drug-likeness (QED) is 0.633. The van der Waals surface area contributed by atoms with Crippen molar-refractivity contribution in [3.8, 4) is 0 Å². The Balaban J connectivity index is 1.81. The molecule has 2 unspecified atom stereocenters. The number of hydrogen-bond acceptors (Lipinski definition) is 4. The average Bonchev–Trinajstić information content (AvgIpc) is 2.61. The molecule has 1 spiro atoms. The Morgan fingerprint density at radius 2 is 1.74 bits per heavy atom. The second kappa shape index (κ2) is 3.94. The molecular weight excluding hydrogens is 244 g/mol. The Bertz CT molecular complexity index is 386. The summed E-state index contributed by atoms with van der Waals surface area (Å²) in [5, 5.41) is 0. The molecule has 7 atom stereocenters. The third kappa shape index (κ3) is 1.54. The van der Waals surface area contributed by atoms with Crippen molar-refractivity contribution < 1.29 is 19.2 Å². The fourth-order valence-corrected chi connectivity index (χ4v) is 4.88. The van der Waals surface area contributed by atoms with Crippen molar-refractivity contribution in [3.63, 3.8) is 0 Å². The molecule has 4 aliphatic heterocycles. The summed E-state index contributed by atoms with van der Waals surface area (Å²) >= 11 is 0. The maximum absolute atomic E-state index is 6.16. The van der Waals surface area contributed by atoms with E-state index in [1.165, 1.54) is 12.8 Å². The summed E-state index contributed by atoms with van der Waals surface area (Å²) in [5.74, 6) is 1.53. The summed E-state index contributed by atoms with van der Waals surface area (Å²) in [6.45, 7) is 7.36. The van der Waals surface area contributed by atoms with Gasteiger partial charge < -0.3 is 9.47 Å². The molecule has 0 aromatic heterocycles. The fraction of sp³-hybridized carbons (Fsp3) is 1.00. The second-order valence-corrected chi connectivity index (χ2v) is 7.22. The van der Waals surface area contributed by atoms with Gasteiger partial charge in [-0.15, -0.1) is 0 Å². The van der Waals surface area contributed by atoms with Crippen molar-refractivity contribution in [2.24, 2.45) is 23.7 Å². The van der Waals surface area contributed by atoms with Gasteiger partial charge >= 0.3 is 0 Å². The second-order valence-electron chi connectivity index (χ2n) is 7.22.